The molecule has 0 aliphatic heterocycles. The number of aryl methyl sites for hydroxylation is 1. The average molecular weight is 208 g/mol. The number of hydrogen-bond donors (Lipinski definition) is 1. The third-order valence-electron chi connectivity index (χ3n) is 2.15. The van der Waals surface area contributed by atoms with E-state index < -0.39 is 12.1 Å². The first-order valence-corrected chi connectivity index (χ1v) is 5.07. The summed E-state index contributed by atoms with van der Waals surface area (Å²) in [5.74, 6) is -0.578. The fourth-order valence-electron chi connectivity index (χ4n) is 1.30. The minimum absolute atomic E-state index is 0.349. The molecule has 0 amide bonds. The number of aliphatic hydroxyl groups is 1. The van der Waals surface area contributed by atoms with Gasteiger partial charge in [-0.3, -0.25) is 0 Å². The normalized spacial score (nSPS) is 12.2. The molecule has 0 fully saturated rings. The highest BCUT2D eigenvalue weighted by Crippen LogP contribution is 2.18. The number of benzene rings is 1. The first-order valence-electron chi connectivity index (χ1n) is 5.07. The first-order chi connectivity index (χ1) is 7.16. The molecule has 3 heteroatoms. The van der Waals surface area contributed by atoms with Gasteiger partial charge in [0.25, 0.3) is 0 Å². The van der Waals surface area contributed by atoms with Crippen molar-refractivity contribution in [2.24, 2.45) is 0 Å². The molecule has 0 bridgehead atoms. The number of aliphatic hydroxyl groups excluding tert-OH is 1. The van der Waals surface area contributed by atoms with E-state index in [1.54, 1.807) is 12.1 Å². The van der Waals surface area contributed by atoms with Crippen LogP contribution in [0.1, 0.15) is 30.6 Å². The van der Waals surface area contributed by atoms with Gasteiger partial charge in [-0.1, -0.05) is 31.2 Å². The second-order valence-electron chi connectivity index (χ2n) is 3.43. The van der Waals surface area contributed by atoms with Crippen molar-refractivity contribution in [3.8, 4) is 0 Å². The Hall–Kier alpha value is -1.35. The van der Waals surface area contributed by atoms with Crippen LogP contribution in [-0.2, 0) is 9.53 Å². The molecule has 0 heterocycles. The van der Waals surface area contributed by atoms with E-state index in [9.17, 15) is 9.90 Å². The Morgan fingerprint density at radius 2 is 2.13 bits per heavy atom. The summed E-state index contributed by atoms with van der Waals surface area (Å²) in [7, 11) is 0. The summed E-state index contributed by atoms with van der Waals surface area (Å²) in [5.41, 5.74) is 1.50. The SMILES string of the molecule is CCCOC(=O)C(O)c1ccccc1C. The standard InChI is InChI=1S/C12H16O3/c1-3-8-15-12(14)11(13)10-7-5-4-6-9(10)2/h4-7,11,13H,3,8H2,1-2H3. The molecule has 3 nitrogen and oxygen atoms in total. The number of hydrogen-bond acceptors (Lipinski definition) is 3. The summed E-state index contributed by atoms with van der Waals surface area (Å²) in [6.45, 7) is 4.11. The molecule has 0 spiro atoms. The third-order valence-corrected chi connectivity index (χ3v) is 2.15. The molecule has 1 unspecified atom stereocenters. The van der Waals surface area contributed by atoms with Gasteiger partial charge >= 0.3 is 5.97 Å². The Balaban J connectivity index is 2.72. The topological polar surface area (TPSA) is 46.5 Å². The van der Waals surface area contributed by atoms with E-state index in [4.69, 9.17) is 4.74 Å². The lowest BCUT2D eigenvalue weighted by Crippen LogP contribution is -2.16. The maximum absolute atomic E-state index is 11.4. The fraction of sp³-hybridized carbons (Fsp3) is 0.417. The van der Waals surface area contributed by atoms with Crippen LogP contribution in [0.4, 0.5) is 0 Å². The fourth-order valence-corrected chi connectivity index (χ4v) is 1.30. The highest BCUT2D eigenvalue weighted by Gasteiger charge is 2.19. The average Bonchev–Trinajstić information content (AvgIpc) is 2.25. The molecule has 1 atom stereocenters. The molecule has 1 rings (SSSR count). The van der Waals surface area contributed by atoms with Gasteiger partial charge in [-0.05, 0) is 24.5 Å². The van der Waals surface area contributed by atoms with Crippen molar-refractivity contribution in [2.45, 2.75) is 26.4 Å². The van der Waals surface area contributed by atoms with E-state index in [2.05, 4.69) is 0 Å². The molecule has 0 radical (unpaired) electrons. The van der Waals surface area contributed by atoms with Crippen LogP contribution >= 0.6 is 0 Å². The van der Waals surface area contributed by atoms with Gasteiger partial charge in [0.05, 0.1) is 6.61 Å². The molecule has 0 aromatic heterocycles. The molecule has 1 N–H and O–H groups in total. The van der Waals surface area contributed by atoms with Crippen LogP contribution in [0.25, 0.3) is 0 Å². The number of carbonyl (C=O) groups is 1. The van der Waals surface area contributed by atoms with Crippen LogP contribution in [0.2, 0.25) is 0 Å². The predicted molar refractivity (Wildman–Crippen MR) is 57.4 cm³/mol. The van der Waals surface area contributed by atoms with Gasteiger partial charge in [0.1, 0.15) is 0 Å². The first kappa shape index (κ1) is 11.7. The van der Waals surface area contributed by atoms with E-state index in [1.165, 1.54) is 0 Å². The van der Waals surface area contributed by atoms with Crippen molar-refractivity contribution >= 4 is 5.97 Å². The Bertz CT molecular complexity index is 333. The minimum atomic E-state index is -1.17. The molecule has 15 heavy (non-hydrogen) atoms. The molecule has 82 valence electrons. The monoisotopic (exact) mass is 208 g/mol. The summed E-state index contributed by atoms with van der Waals surface area (Å²) in [5, 5.41) is 9.72. The van der Waals surface area contributed by atoms with E-state index >= 15 is 0 Å². The smallest absolute Gasteiger partial charge is 0.339 e. The maximum atomic E-state index is 11.4. The van der Waals surface area contributed by atoms with Crippen molar-refractivity contribution < 1.29 is 14.6 Å². The van der Waals surface area contributed by atoms with Crippen LogP contribution in [-0.4, -0.2) is 17.7 Å². The van der Waals surface area contributed by atoms with Gasteiger partial charge < -0.3 is 9.84 Å². The van der Waals surface area contributed by atoms with E-state index in [-0.39, 0.29) is 0 Å². The van der Waals surface area contributed by atoms with Gasteiger partial charge in [0.15, 0.2) is 6.10 Å². The zero-order valence-electron chi connectivity index (χ0n) is 9.06. The lowest BCUT2D eigenvalue weighted by atomic mass is 10.0. The van der Waals surface area contributed by atoms with Crippen LogP contribution < -0.4 is 0 Å². The van der Waals surface area contributed by atoms with Gasteiger partial charge in [-0.2, -0.15) is 0 Å². The van der Waals surface area contributed by atoms with E-state index in [0.29, 0.717) is 12.2 Å². The van der Waals surface area contributed by atoms with Gasteiger partial charge in [-0.15, -0.1) is 0 Å². The predicted octanol–water partition coefficient (Wildman–Crippen LogP) is 1.98. The number of ether oxygens (including phenoxy) is 1. The summed E-state index contributed by atoms with van der Waals surface area (Å²) < 4.78 is 4.87. The van der Waals surface area contributed by atoms with Crippen molar-refractivity contribution in [3.63, 3.8) is 0 Å². The molecule has 0 saturated heterocycles. The second-order valence-corrected chi connectivity index (χ2v) is 3.43. The van der Waals surface area contributed by atoms with Crippen molar-refractivity contribution in [3.05, 3.63) is 35.4 Å². The van der Waals surface area contributed by atoms with Gasteiger partial charge in [-0.25, -0.2) is 4.79 Å². The number of rotatable bonds is 4. The van der Waals surface area contributed by atoms with Crippen molar-refractivity contribution in [1.82, 2.24) is 0 Å². The number of esters is 1. The molecule has 0 saturated carbocycles. The summed E-state index contributed by atoms with van der Waals surface area (Å²) in [6.07, 6.45) is -0.413. The molecule has 0 aliphatic carbocycles. The summed E-state index contributed by atoms with van der Waals surface area (Å²) in [4.78, 5) is 11.4. The molecule has 1 aromatic carbocycles. The molecule has 1 aromatic rings. The van der Waals surface area contributed by atoms with Gasteiger partial charge in [0, 0.05) is 0 Å². The summed E-state index contributed by atoms with van der Waals surface area (Å²) >= 11 is 0. The highest BCUT2D eigenvalue weighted by molar-refractivity contribution is 5.76. The minimum Gasteiger partial charge on any atom is -0.464 e. The van der Waals surface area contributed by atoms with Crippen molar-refractivity contribution in [2.75, 3.05) is 6.61 Å². The Morgan fingerprint density at radius 3 is 2.73 bits per heavy atom. The quantitative estimate of drug-likeness (QED) is 0.769. The largest absolute Gasteiger partial charge is 0.464 e. The second kappa shape index (κ2) is 5.51. The zero-order valence-corrected chi connectivity index (χ0v) is 9.06. The highest BCUT2D eigenvalue weighted by atomic mass is 16.5. The lowest BCUT2D eigenvalue weighted by molar-refractivity contribution is -0.154. The summed E-state index contributed by atoms with van der Waals surface area (Å²) in [6, 6.07) is 7.24. The van der Waals surface area contributed by atoms with E-state index in [0.717, 1.165) is 12.0 Å². The molecular formula is C12H16O3. The van der Waals surface area contributed by atoms with E-state index in [1.807, 2.05) is 26.0 Å². The maximum Gasteiger partial charge on any atom is 0.339 e. The Labute approximate surface area is 89.7 Å². The number of carbonyl (C=O) groups excluding carboxylic acids is 1. The molecular weight excluding hydrogens is 192 g/mol. The van der Waals surface area contributed by atoms with Crippen LogP contribution in [0.3, 0.4) is 0 Å². The van der Waals surface area contributed by atoms with Crippen LogP contribution in [0.5, 0.6) is 0 Å². The lowest BCUT2D eigenvalue weighted by Gasteiger charge is -2.12. The van der Waals surface area contributed by atoms with Crippen LogP contribution in [0, 0.1) is 6.92 Å². The third kappa shape index (κ3) is 3.06. The zero-order chi connectivity index (χ0) is 11.3. The van der Waals surface area contributed by atoms with Gasteiger partial charge in [0.2, 0.25) is 0 Å². The van der Waals surface area contributed by atoms with Crippen molar-refractivity contribution in [1.29, 1.82) is 0 Å². The Kier molecular flexibility index (Phi) is 4.31. The Morgan fingerprint density at radius 1 is 1.47 bits per heavy atom. The van der Waals surface area contributed by atoms with Crippen LogP contribution in [0.15, 0.2) is 24.3 Å². The molecule has 0 aliphatic rings.